The normalized spacial score (nSPS) is 20.6. The summed E-state index contributed by atoms with van der Waals surface area (Å²) in [5.41, 5.74) is 2.99. The molecular weight excluding hydrogens is 446 g/mol. The first-order valence-electron chi connectivity index (χ1n) is 11.7. The summed E-state index contributed by atoms with van der Waals surface area (Å²) in [6.07, 6.45) is 3.32. The Kier molecular flexibility index (Phi) is 5.82. The van der Waals surface area contributed by atoms with Crippen molar-refractivity contribution < 1.29 is 19.7 Å². The first-order valence-corrected chi connectivity index (χ1v) is 12.6. The Morgan fingerprint density at radius 2 is 1.91 bits per heavy atom. The minimum Gasteiger partial charge on any atom is -0.493 e. The van der Waals surface area contributed by atoms with E-state index in [2.05, 4.69) is 19.1 Å². The molecule has 2 aromatic carbocycles. The molecule has 0 radical (unpaired) electrons. The van der Waals surface area contributed by atoms with Crippen molar-refractivity contribution in [1.82, 2.24) is 4.98 Å². The minimum atomic E-state index is -0.989. The highest BCUT2D eigenvalue weighted by Gasteiger charge is 2.29. The van der Waals surface area contributed by atoms with E-state index in [1.54, 1.807) is 17.4 Å². The monoisotopic (exact) mass is 475 g/mol. The van der Waals surface area contributed by atoms with Crippen LogP contribution in [0.4, 0.5) is 0 Å². The fourth-order valence-corrected chi connectivity index (χ4v) is 6.11. The Morgan fingerprint density at radius 3 is 2.62 bits per heavy atom. The van der Waals surface area contributed by atoms with E-state index in [0.717, 1.165) is 46.4 Å². The summed E-state index contributed by atoms with van der Waals surface area (Å²) < 4.78 is 7.37. The van der Waals surface area contributed by atoms with Gasteiger partial charge in [0.2, 0.25) is 0 Å². The van der Waals surface area contributed by atoms with Crippen molar-refractivity contribution in [1.29, 1.82) is 0 Å². The standard InChI is InChI=1S/C28H29NO4S/c1-16-8-9-22(33-15-18-10-12-28(3,32)13-11-18)24-20(27(30)31)14-21(29-25(16)24)26-17(2)19-6-4-5-7-23(19)34-26/h4-9,14,18,32H,10-13,15H2,1-3H3,(H,30,31). The van der Waals surface area contributed by atoms with E-state index in [0.29, 0.717) is 34.9 Å². The molecule has 2 aromatic heterocycles. The van der Waals surface area contributed by atoms with Gasteiger partial charge in [0.15, 0.2) is 0 Å². The average Bonchev–Trinajstić information content (AvgIpc) is 3.15. The van der Waals surface area contributed by atoms with Crippen molar-refractivity contribution in [2.24, 2.45) is 5.92 Å². The highest BCUT2D eigenvalue weighted by Crippen LogP contribution is 2.40. The maximum atomic E-state index is 12.4. The number of pyridine rings is 1. The molecule has 0 unspecified atom stereocenters. The first-order chi connectivity index (χ1) is 16.2. The molecule has 176 valence electrons. The number of benzene rings is 2. The molecular formula is C28H29NO4S. The van der Waals surface area contributed by atoms with Gasteiger partial charge in [0.25, 0.3) is 0 Å². The lowest BCUT2D eigenvalue weighted by Crippen LogP contribution is -2.32. The number of fused-ring (bicyclic) bond motifs is 2. The second-order valence-electron chi connectivity index (χ2n) is 9.77. The summed E-state index contributed by atoms with van der Waals surface area (Å²) >= 11 is 1.64. The van der Waals surface area contributed by atoms with Gasteiger partial charge in [-0.25, -0.2) is 9.78 Å². The Hall–Kier alpha value is -2.96. The summed E-state index contributed by atoms with van der Waals surface area (Å²) in [6, 6.07) is 13.7. The van der Waals surface area contributed by atoms with Crippen LogP contribution in [0, 0.1) is 19.8 Å². The zero-order valence-electron chi connectivity index (χ0n) is 19.7. The van der Waals surface area contributed by atoms with Crippen LogP contribution >= 0.6 is 11.3 Å². The number of nitrogens with zero attached hydrogens (tertiary/aromatic N) is 1. The van der Waals surface area contributed by atoms with Gasteiger partial charge in [-0.05, 0) is 87.1 Å². The predicted octanol–water partition coefficient (Wildman–Crippen LogP) is 6.75. The molecule has 5 rings (SSSR count). The van der Waals surface area contributed by atoms with Gasteiger partial charge in [-0.2, -0.15) is 0 Å². The summed E-state index contributed by atoms with van der Waals surface area (Å²) in [7, 11) is 0. The molecule has 2 N–H and O–H groups in total. The molecule has 0 spiro atoms. The molecule has 2 heterocycles. The molecule has 1 aliphatic carbocycles. The molecule has 0 aliphatic heterocycles. The quantitative estimate of drug-likeness (QED) is 0.334. The third-order valence-corrected chi connectivity index (χ3v) is 8.38. The van der Waals surface area contributed by atoms with Crippen molar-refractivity contribution in [3.05, 3.63) is 59.2 Å². The van der Waals surface area contributed by atoms with Crippen LogP contribution in [0.1, 0.15) is 54.1 Å². The number of aliphatic hydroxyl groups is 1. The molecule has 0 bridgehead atoms. The zero-order chi connectivity index (χ0) is 24.0. The molecule has 0 saturated heterocycles. The Morgan fingerprint density at radius 1 is 1.18 bits per heavy atom. The number of carbonyl (C=O) groups is 1. The smallest absolute Gasteiger partial charge is 0.336 e. The van der Waals surface area contributed by atoms with Crippen LogP contribution in [0.25, 0.3) is 31.6 Å². The predicted molar refractivity (Wildman–Crippen MR) is 137 cm³/mol. The molecule has 1 saturated carbocycles. The fraction of sp³-hybridized carbons (Fsp3) is 0.357. The Balaban J connectivity index is 1.56. The van der Waals surface area contributed by atoms with Crippen molar-refractivity contribution in [2.45, 2.75) is 52.1 Å². The molecule has 0 atom stereocenters. The van der Waals surface area contributed by atoms with Crippen molar-refractivity contribution in [3.8, 4) is 16.3 Å². The number of aromatic nitrogens is 1. The number of carboxylic acids is 1. The summed E-state index contributed by atoms with van der Waals surface area (Å²) in [6.45, 7) is 6.41. The number of carboxylic acid groups (broad SMARTS) is 1. The maximum Gasteiger partial charge on any atom is 0.336 e. The number of thiophene rings is 1. The number of hydrogen-bond donors (Lipinski definition) is 2. The summed E-state index contributed by atoms with van der Waals surface area (Å²) in [4.78, 5) is 18.3. The van der Waals surface area contributed by atoms with Crippen LogP contribution in [0.3, 0.4) is 0 Å². The number of ether oxygens (including phenoxy) is 1. The van der Waals surface area contributed by atoms with Crippen LogP contribution in [-0.2, 0) is 0 Å². The first kappa shape index (κ1) is 22.8. The van der Waals surface area contributed by atoms with E-state index < -0.39 is 11.6 Å². The van der Waals surface area contributed by atoms with E-state index in [-0.39, 0.29) is 5.56 Å². The Labute approximate surface area is 203 Å². The second-order valence-corrected chi connectivity index (χ2v) is 10.8. The van der Waals surface area contributed by atoms with Gasteiger partial charge in [0.05, 0.1) is 39.2 Å². The number of aromatic carboxylic acids is 1. The zero-order valence-corrected chi connectivity index (χ0v) is 20.5. The summed E-state index contributed by atoms with van der Waals surface area (Å²) in [5.74, 6) is -0.0858. The molecule has 34 heavy (non-hydrogen) atoms. The van der Waals surface area contributed by atoms with E-state index in [4.69, 9.17) is 9.72 Å². The van der Waals surface area contributed by atoms with Gasteiger partial charge in [-0.15, -0.1) is 11.3 Å². The van der Waals surface area contributed by atoms with Gasteiger partial charge in [-0.1, -0.05) is 24.3 Å². The lowest BCUT2D eigenvalue weighted by molar-refractivity contribution is 0.00159. The highest BCUT2D eigenvalue weighted by atomic mass is 32.1. The molecule has 6 heteroatoms. The van der Waals surface area contributed by atoms with Crippen LogP contribution in [0.5, 0.6) is 5.75 Å². The maximum absolute atomic E-state index is 12.4. The lowest BCUT2D eigenvalue weighted by atomic mass is 9.80. The van der Waals surface area contributed by atoms with Crippen LogP contribution in [0.2, 0.25) is 0 Å². The topological polar surface area (TPSA) is 79.7 Å². The molecule has 5 nitrogen and oxygen atoms in total. The molecule has 1 fully saturated rings. The van der Waals surface area contributed by atoms with Crippen molar-refractivity contribution >= 4 is 38.3 Å². The van der Waals surface area contributed by atoms with Gasteiger partial charge in [0, 0.05) is 4.70 Å². The van der Waals surface area contributed by atoms with Gasteiger partial charge in [-0.3, -0.25) is 0 Å². The number of rotatable bonds is 5. The van der Waals surface area contributed by atoms with Crippen molar-refractivity contribution in [2.75, 3.05) is 6.61 Å². The number of hydrogen-bond acceptors (Lipinski definition) is 5. The highest BCUT2D eigenvalue weighted by molar-refractivity contribution is 7.22. The van der Waals surface area contributed by atoms with Gasteiger partial charge >= 0.3 is 5.97 Å². The largest absolute Gasteiger partial charge is 0.493 e. The van der Waals surface area contributed by atoms with Gasteiger partial charge < -0.3 is 14.9 Å². The van der Waals surface area contributed by atoms with E-state index in [1.165, 1.54) is 5.39 Å². The van der Waals surface area contributed by atoms with Crippen LogP contribution in [-0.4, -0.2) is 33.4 Å². The summed E-state index contributed by atoms with van der Waals surface area (Å²) in [5, 5.41) is 22.1. The minimum absolute atomic E-state index is 0.210. The molecule has 1 aliphatic rings. The second kappa shape index (κ2) is 8.67. The van der Waals surface area contributed by atoms with Crippen molar-refractivity contribution in [3.63, 3.8) is 0 Å². The van der Waals surface area contributed by atoms with Crippen LogP contribution < -0.4 is 4.74 Å². The third-order valence-electron chi connectivity index (χ3n) is 7.09. The Bertz CT molecular complexity index is 1390. The number of aryl methyl sites for hydroxylation is 2. The van der Waals surface area contributed by atoms with E-state index in [1.807, 2.05) is 38.1 Å². The molecule has 0 amide bonds. The SMILES string of the molecule is Cc1c(-c2cc(C(=O)O)c3c(OCC4CCC(C)(O)CC4)ccc(C)c3n2)sc2ccccc12. The fourth-order valence-electron chi connectivity index (χ4n) is 4.94. The lowest BCUT2D eigenvalue weighted by Gasteiger charge is -2.32. The van der Waals surface area contributed by atoms with Crippen LogP contribution in [0.15, 0.2) is 42.5 Å². The van der Waals surface area contributed by atoms with E-state index >= 15 is 0 Å². The van der Waals surface area contributed by atoms with E-state index in [9.17, 15) is 15.0 Å². The molecule has 4 aromatic rings. The van der Waals surface area contributed by atoms with Gasteiger partial charge in [0.1, 0.15) is 5.75 Å². The third kappa shape index (κ3) is 4.17. The average molecular weight is 476 g/mol.